The fourth-order valence-electron chi connectivity index (χ4n) is 2.80. The lowest BCUT2D eigenvalue weighted by atomic mass is 9.80. The first-order valence-electron chi connectivity index (χ1n) is 6.85. The van der Waals surface area contributed by atoms with Gasteiger partial charge in [0, 0.05) is 17.1 Å². The van der Waals surface area contributed by atoms with E-state index in [4.69, 9.17) is 11.6 Å². The van der Waals surface area contributed by atoms with Gasteiger partial charge in [0.05, 0.1) is 0 Å². The number of hydrogen-bond acceptors (Lipinski definition) is 2. The third-order valence-corrected chi connectivity index (χ3v) is 4.45. The molecule has 1 aromatic rings. The Kier molecular flexibility index (Phi) is 4.90. The van der Waals surface area contributed by atoms with Gasteiger partial charge in [0.15, 0.2) is 0 Å². The van der Waals surface area contributed by atoms with Crippen molar-refractivity contribution in [1.82, 2.24) is 5.32 Å². The number of phenolic OH excluding ortho intramolecular Hbond substituents is 1. The van der Waals surface area contributed by atoms with E-state index >= 15 is 0 Å². The molecule has 1 aromatic carbocycles. The second-order valence-electron chi connectivity index (χ2n) is 5.39. The predicted molar refractivity (Wildman–Crippen MR) is 75.9 cm³/mol. The van der Waals surface area contributed by atoms with E-state index < -0.39 is 0 Å². The molecule has 0 aromatic heterocycles. The van der Waals surface area contributed by atoms with Gasteiger partial charge in [-0.25, -0.2) is 0 Å². The molecule has 0 spiro atoms. The van der Waals surface area contributed by atoms with E-state index in [1.807, 2.05) is 6.07 Å². The number of phenols is 1. The van der Waals surface area contributed by atoms with Crippen LogP contribution in [-0.2, 0) is 6.54 Å². The Morgan fingerprint density at radius 3 is 2.83 bits per heavy atom. The van der Waals surface area contributed by atoms with Crippen LogP contribution in [0.15, 0.2) is 18.2 Å². The highest BCUT2D eigenvalue weighted by molar-refractivity contribution is 6.31. The maximum absolute atomic E-state index is 9.76. The average molecular weight is 268 g/mol. The first kappa shape index (κ1) is 13.7. The van der Waals surface area contributed by atoms with Crippen molar-refractivity contribution in [1.29, 1.82) is 0 Å². The number of hydrogen-bond donors (Lipinski definition) is 2. The van der Waals surface area contributed by atoms with Gasteiger partial charge in [-0.2, -0.15) is 0 Å². The molecule has 0 radical (unpaired) electrons. The zero-order chi connectivity index (χ0) is 13.0. The third kappa shape index (κ3) is 3.39. The van der Waals surface area contributed by atoms with Gasteiger partial charge in [0.2, 0.25) is 0 Å². The fourth-order valence-corrected chi connectivity index (χ4v) is 3.04. The molecule has 3 heteroatoms. The lowest BCUT2D eigenvalue weighted by Crippen LogP contribution is -2.29. The highest BCUT2D eigenvalue weighted by Crippen LogP contribution is 2.29. The van der Waals surface area contributed by atoms with Crippen LogP contribution >= 0.6 is 11.6 Å². The minimum Gasteiger partial charge on any atom is -0.508 e. The molecule has 0 saturated heterocycles. The van der Waals surface area contributed by atoms with Crippen LogP contribution in [0.3, 0.4) is 0 Å². The number of halogens is 1. The van der Waals surface area contributed by atoms with Crippen molar-refractivity contribution in [2.75, 3.05) is 6.54 Å². The monoisotopic (exact) mass is 267 g/mol. The first-order chi connectivity index (χ1) is 8.68. The molecular weight excluding hydrogens is 246 g/mol. The van der Waals surface area contributed by atoms with Crippen molar-refractivity contribution < 1.29 is 5.11 Å². The van der Waals surface area contributed by atoms with Crippen LogP contribution in [0.1, 0.15) is 38.2 Å². The van der Waals surface area contributed by atoms with Crippen LogP contribution in [0.4, 0.5) is 0 Å². The molecule has 2 N–H and O–H groups in total. The van der Waals surface area contributed by atoms with E-state index in [-0.39, 0.29) is 5.75 Å². The van der Waals surface area contributed by atoms with Gasteiger partial charge in [-0.05, 0) is 36.9 Å². The summed E-state index contributed by atoms with van der Waals surface area (Å²) in [5.74, 6) is 1.86. The molecule has 2 rings (SSSR count). The topological polar surface area (TPSA) is 32.3 Å². The maximum atomic E-state index is 9.76. The molecule has 1 fully saturated rings. The van der Waals surface area contributed by atoms with E-state index in [9.17, 15) is 5.11 Å². The molecule has 0 bridgehead atoms. The lowest BCUT2D eigenvalue weighted by molar-refractivity contribution is 0.247. The molecule has 2 nitrogen and oxygen atoms in total. The fraction of sp³-hybridized carbons (Fsp3) is 0.600. The summed E-state index contributed by atoms with van der Waals surface area (Å²) in [7, 11) is 0. The average Bonchev–Trinajstić information content (AvgIpc) is 2.35. The quantitative estimate of drug-likeness (QED) is 0.865. The Bertz CT molecular complexity index is 374. The molecule has 18 heavy (non-hydrogen) atoms. The minimum atomic E-state index is 0.284. The largest absolute Gasteiger partial charge is 0.508 e. The summed E-state index contributed by atoms with van der Waals surface area (Å²) in [6, 6.07) is 5.28. The van der Waals surface area contributed by atoms with Crippen LogP contribution < -0.4 is 5.32 Å². The van der Waals surface area contributed by atoms with Gasteiger partial charge in [-0.15, -0.1) is 0 Å². The van der Waals surface area contributed by atoms with Crippen molar-refractivity contribution in [2.24, 2.45) is 11.8 Å². The van der Waals surface area contributed by atoms with Crippen LogP contribution in [0.25, 0.3) is 0 Å². The van der Waals surface area contributed by atoms with Crippen LogP contribution in [0, 0.1) is 11.8 Å². The molecule has 1 aliphatic rings. The Morgan fingerprint density at radius 1 is 1.33 bits per heavy atom. The van der Waals surface area contributed by atoms with E-state index in [1.54, 1.807) is 12.1 Å². The zero-order valence-electron chi connectivity index (χ0n) is 11.0. The Labute approximate surface area is 114 Å². The second-order valence-corrected chi connectivity index (χ2v) is 5.80. The van der Waals surface area contributed by atoms with Crippen molar-refractivity contribution in [3.8, 4) is 5.75 Å². The standard InChI is InChI=1S/C15H22ClNO/c1-11-5-2-3-6-12(11)9-17-10-13-14(16)7-4-8-15(13)18/h4,7-8,11-12,17-18H,2-3,5-6,9-10H2,1H3. The maximum Gasteiger partial charge on any atom is 0.121 e. The van der Waals surface area contributed by atoms with Crippen LogP contribution in [-0.4, -0.2) is 11.7 Å². The van der Waals surface area contributed by atoms with E-state index in [0.29, 0.717) is 11.6 Å². The highest BCUT2D eigenvalue weighted by atomic mass is 35.5. The summed E-state index contributed by atoms with van der Waals surface area (Å²) in [4.78, 5) is 0. The van der Waals surface area contributed by atoms with Gasteiger partial charge in [0.1, 0.15) is 5.75 Å². The zero-order valence-corrected chi connectivity index (χ0v) is 11.7. The molecular formula is C15H22ClNO. The Balaban J connectivity index is 1.84. The summed E-state index contributed by atoms with van der Waals surface area (Å²) in [6.07, 6.45) is 5.41. The van der Waals surface area contributed by atoms with Gasteiger partial charge in [-0.1, -0.05) is 43.9 Å². The Morgan fingerprint density at radius 2 is 2.11 bits per heavy atom. The van der Waals surface area contributed by atoms with Crippen molar-refractivity contribution >= 4 is 11.6 Å². The molecule has 0 heterocycles. The van der Waals surface area contributed by atoms with Crippen LogP contribution in [0.5, 0.6) is 5.75 Å². The molecule has 0 aliphatic heterocycles. The summed E-state index contributed by atoms with van der Waals surface area (Å²) in [5.41, 5.74) is 0.808. The van der Waals surface area contributed by atoms with Crippen molar-refractivity contribution in [3.63, 3.8) is 0 Å². The normalized spacial score (nSPS) is 24.1. The number of nitrogens with one attached hydrogen (secondary N) is 1. The van der Waals surface area contributed by atoms with E-state index in [1.165, 1.54) is 25.7 Å². The summed E-state index contributed by atoms with van der Waals surface area (Å²) < 4.78 is 0. The van der Waals surface area contributed by atoms with E-state index in [0.717, 1.165) is 23.9 Å². The number of rotatable bonds is 4. The summed E-state index contributed by atoms with van der Waals surface area (Å²) >= 11 is 6.08. The molecule has 100 valence electrons. The molecule has 1 aliphatic carbocycles. The van der Waals surface area contributed by atoms with Gasteiger partial charge < -0.3 is 10.4 Å². The number of benzene rings is 1. The Hall–Kier alpha value is -0.730. The molecule has 2 unspecified atom stereocenters. The van der Waals surface area contributed by atoms with Crippen molar-refractivity contribution in [2.45, 2.75) is 39.2 Å². The molecule has 0 amide bonds. The van der Waals surface area contributed by atoms with E-state index in [2.05, 4.69) is 12.2 Å². The lowest BCUT2D eigenvalue weighted by Gasteiger charge is -2.29. The van der Waals surface area contributed by atoms with Gasteiger partial charge in [0.25, 0.3) is 0 Å². The number of aromatic hydroxyl groups is 1. The smallest absolute Gasteiger partial charge is 0.121 e. The first-order valence-corrected chi connectivity index (χ1v) is 7.23. The summed E-state index contributed by atoms with van der Waals surface area (Å²) in [5, 5.41) is 13.8. The third-order valence-electron chi connectivity index (χ3n) is 4.09. The predicted octanol–water partition coefficient (Wildman–Crippen LogP) is 3.96. The SMILES string of the molecule is CC1CCCCC1CNCc1c(O)cccc1Cl. The summed E-state index contributed by atoms with van der Waals surface area (Å²) in [6.45, 7) is 4.01. The van der Waals surface area contributed by atoms with Crippen LogP contribution in [0.2, 0.25) is 5.02 Å². The minimum absolute atomic E-state index is 0.284. The van der Waals surface area contributed by atoms with Crippen molar-refractivity contribution in [3.05, 3.63) is 28.8 Å². The van der Waals surface area contributed by atoms with Gasteiger partial charge >= 0.3 is 0 Å². The molecule has 1 saturated carbocycles. The second kappa shape index (κ2) is 6.44. The molecule has 2 atom stereocenters. The highest BCUT2D eigenvalue weighted by Gasteiger charge is 2.20. The van der Waals surface area contributed by atoms with Gasteiger partial charge in [-0.3, -0.25) is 0 Å².